The molecule has 1 atom stereocenters. The molecule has 2 aromatic heterocycles. The number of aromatic nitrogens is 3. The van der Waals surface area contributed by atoms with E-state index >= 15 is 0 Å². The molecule has 2 aromatic rings. The van der Waals surface area contributed by atoms with E-state index in [-0.39, 0.29) is 16.7 Å². The van der Waals surface area contributed by atoms with E-state index in [1.807, 2.05) is 4.90 Å². The number of sulfone groups is 1. The summed E-state index contributed by atoms with van der Waals surface area (Å²) in [6.07, 6.45) is 6.59. The van der Waals surface area contributed by atoms with Crippen molar-refractivity contribution in [3.63, 3.8) is 0 Å². The van der Waals surface area contributed by atoms with E-state index in [9.17, 15) is 13.2 Å². The van der Waals surface area contributed by atoms with Gasteiger partial charge in [0.15, 0.2) is 9.84 Å². The van der Waals surface area contributed by atoms with Crippen LogP contribution in [0.3, 0.4) is 0 Å². The van der Waals surface area contributed by atoms with E-state index in [1.54, 1.807) is 11.7 Å². The third-order valence-electron chi connectivity index (χ3n) is 4.02. The van der Waals surface area contributed by atoms with Gasteiger partial charge in [0.2, 0.25) is 0 Å². The average Bonchev–Trinajstić information content (AvgIpc) is 3.17. The SMILES string of the molecule is CS(=O)(=O)c1cn[nH]c1C[C@H]1CCCN(C(=O)c2cncs2)C1. The van der Waals surface area contributed by atoms with Crippen LogP contribution >= 0.6 is 11.3 Å². The lowest BCUT2D eigenvalue weighted by atomic mass is 9.93. The first-order valence-corrected chi connectivity index (χ1v) is 10.1. The van der Waals surface area contributed by atoms with Crippen molar-refractivity contribution >= 4 is 27.1 Å². The molecule has 1 aliphatic heterocycles. The average molecular weight is 354 g/mol. The second-order valence-corrected chi connectivity index (χ2v) is 8.68. The van der Waals surface area contributed by atoms with Crippen LogP contribution in [0.1, 0.15) is 28.2 Å². The van der Waals surface area contributed by atoms with Gasteiger partial charge in [0, 0.05) is 19.3 Å². The van der Waals surface area contributed by atoms with Crippen LogP contribution in [-0.4, -0.2) is 53.8 Å². The highest BCUT2D eigenvalue weighted by molar-refractivity contribution is 7.90. The zero-order valence-electron chi connectivity index (χ0n) is 12.7. The van der Waals surface area contributed by atoms with Gasteiger partial charge in [-0.3, -0.25) is 14.9 Å². The Labute approximate surface area is 138 Å². The van der Waals surface area contributed by atoms with E-state index in [0.29, 0.717) is 23.5 Å². The molecular weight excluding hydrogens is 336 g/mol. The van der Waals surface area contributed by atoms with Crippen molar-refractivity contribution in [2.45, 2.75) is 24.2 Å². The van der Waals surface area contributed by atoms with Crippen molar-refractivity contribution in [1.82, 2.24) is 20.1 Å². The zero-order chi connectivity index (χ0) is 16.4. The van der Waals surface area contributed by atoms with E-state index in [4.69, 9.17) is 0 Å². The summed E-state index contributed by atoms with van der Waals surface area (Å²) in [4.78, 5) is 19.1. The Balaban J connectivity index is 1.70. The molecule has 0 aliphatic carbocycles. The quantitative estimate of drug-likeness (QED) is 0.894. The molecule has 1 N–H and O–H groups in total. The maximum Gasteiger partial charge on any atom is 0.265 e. The van der Waals surface area contributed by atoms with E-state index in [2.05, 4.69) is 15.2 Å². The van der Waals surface area contributed by atoms with Crippen molar-refractivity contribution in [2.75, 3.05) is 19.3 Å². The Morgan fingerprint density at radius 3 is 3.00 bits per heavy atom. The fourth-order valence-electron chi connectivity index (χ4n) is 2.95. The van der Waals surface area contributed by atoms with Crippen molar-refractivity contribution in [2.24, 2.45) is 5.92 Å². The summed E-state index contributed by atoms with van der Waals surface area (Å²) in [7, 11) is -3.29. The number of amides is 1. The Morgan fingerprint density at radius 1 is 1.48 bits per heavy atom. The van der Waals surface area contributed by atoms with Gasteiger partial charge in [0.1, 0.15) is 9.77 Å². The molecule has 3 heterocycles. The smallest absolute Gasteiger partial charge is 0.265 e. The van der Waals surface area contributed by atoms with Crippen LogP contribution in [0.25, 0.3) is 0 Å². The maximum atomic E-state index is 12.4. The van der Waals surface area contributed by atoms with Crippen molar-refractivity contribution in [1.29, 1.82) is 0 Å². The molecule has 0 aromatic carbocycles. The number of hydrogen-bond acceptors (Lipinski definition) is 6. The molecule has 1 amide bonds. The summed E-state index contributed by atoms with van der Waals surface area (Å²) in [6, 6.07) is 0. The number of H-pyrrole nitrogens is 1. The van der Waals surface area contributed by atoms with E-state index < -0.39 is 9.84 Å². The van der Waals surface area contributed by atoms with Crippen molar-refractivity contribution in [3.05, 3.63) is 28.5 Å². The highest BCUT2D eigenvalue weighted by Gasteiger charge is 2.27. The number of thiazole rings is 1. The summed E-state index contributed by atoms with van der Waals surface area (Å²) < 4.78 is 23.5. The minimum atomic E-state index is -3.29. The number of carbonyl (C=O) groups excluding carboxylic acids is 1. The van der Waals surface area contributed by atoms with Crippen LogP contribution in [0.5, 0.6) is 0 Å². The second kappa shape index (κ2) is 6.40. The van der Waals surface area contributed by atoms with Crippen molar-refractivity contribution < 1.29 is 13.2 Å². The number of hydrogen-bond donors (Lipinski definition) is 1. The van der Waals surface area contributed by atoms with Gasteiger partial charge in [0.25, 0.3) is 5.91 Å². The van der Waals surface area contributed by atoms with Crippen molar-refractivity contribution in [3.8, 4) is 0 Å². The number of nitrogens with zero attached hydrogens (tertiary/aromatic N) is 3. The normalized spacial score (nSPS) is 19.0. The lowest BCUT2D eigenvalue weighted by Gasteiger charge is -2.32. The molecule has 1 fully saturated rings. The van der Waals surface area contributed by atoms with E-state index in [1.165, 1.54) is 23.8 Å². The molecule has 0 bridgehead atoms. The van der Waals surface area contributed by atoms with E-state index in [0.717, 1.165) is 19.4 Å². The molecule has 1 saturated heterocycles. The minimum Gasteiger partial charge on any atom is -0.338 e. The number of aromatic amines is 1. The second-order valence-electron chi connectivity index (χ2n) is 5.81. The molecule has 3 rings (SSSR count). The number of rotatable bonds is 4. The van der Waals surface area contributed by atoms with Gasteiger partial charge in [-0.1, -0.05) is 0 Å². The monoisotopic (exact) mass is 354 g/mol. The molecule has 124 valence electrons. The first kappa shape index (κ1) is 16.1. The highest BCUT2D eigenvalue weighted by Crippen LogP contribution is 2.24. The summed E-state index contributed by atoms with van der Waals surface area (Å²) in [5.74, 6) is 0.228. The molecule has 0 unspecified atom stereocenters. The number of likely N-dealkylation sites (tertiary alicyclic amines) is 1. The van der Waals surface area contributed by atoms with Gasteiger partial charge in [0.05, 0.1) is 23.6 Å². The fraction of sp³-hybridized carbons (Fsp3) is 0.500. The molecule has 1 aliphatic rings. The van der Waals surface area contributed by atoms with Crippen LogP contribution in [0.15, 0.2) is 22.8 Å². The molecule has 0 saturated carbocycles. The predicted molar refractivity (Wildman–Crippen MR) is 86.1 cm³/mol. The molecule has 23 heavy (non-hydrogen) atoms. The minimum absolute atomic E-state index is 0.00477. The van der Waals surface area contributed by atoms with Gasteiger partial charge in [-0.2, -0.15) is 5.10 Å². The van der Waals surface area contributed by atoms with Gasteiger partial charge < -0.3 is 4.90 Å². The lowest BCUT2D eigenvalue weighted by molar-refractivity contribution is 0.0677. The molecule has 0 spiro atoms. The summed E-state index contributed by atoms with van der Waals surface area (Å²) in [5.41, 5.74) is 2.28. The third kappa shape index (κ3) is 3.61. The number of nitrogens with one attached hydrogen (secondary N) is 1. The Bertz CT molecular complexity index is 783. The fourth-order valence-corrected chi connectivity index (χ4v) is 4.36. The Morgan fingerprint density at radius 2 is 2.30 bits per heavy atom. The highest BCUT2D eigenvalue weighted by atomic mass is 32.2. The van der Waals surface area contributed by atoms with Crippen LogP contribution in [-0.2, 0) is 16.3 Å². The first-order chi connectivity index (χ1) is 10.9. The largest absolute Gasteiger partial charge is 0.338 e. The summed E-state index contributed by atoms with van der Waals surface area (Å²) in [6.45, 7) is 1.36. The molecule has 9 heteroatoms. The number of carbonyl (C=O) groups is 1. The Hall–Kier alpha value is -1.74. The topological polar surface area (TPSA) is 96.0 Å². The molecular formula is C14H18N4O3S2. The molecule has 7 nitrogen and oxygen atoms in total. The lowest BCUT2D eigenvalue weighted by Crippen LogP contribution is -2.40. The third-order valence-corrected chi connectivity index (χ3v) is 5.93. The van der Waals surface area contributed by atoms with Gasteiger partial charge >= 0.3 is 0 Å². The maximum absolute atomic E-state index is 12.4. The van der Waals surface area contributed by atoms with Gasteiger partial charge in [-0.15, -0.1) is 11.3 Å². The summed E-state index contributed by atoms with van der Waals surface area (Å²) >= 11 is 1.34. The van der Waals surface area contributed by atoms with Gasteiger partial charge in [-0.25, -0.2) is 8.42 Å². The van der Waals surface area contributed by atoms with Gasteiger partial charge in [-0.05, 0) is 25.2 Å². The first-order valence-electron chi connectivity index (χ1n) is 7.35. The summed E-state index contributed by atoms with van der Waals surface area (Å²) in [5, 5.41) is 6.65. The van der Waals surface area contributed by atoms with Crippen LogP contribution in [0, 0.1) is 5.92 Å². The van der Waals surface area contributed by atoms with Crippen LogP contribution in [0.4, 0.5) is 0 Å². The van der Waals surface area contributed by atoms with Crippen LogP contribution in [0.2, 0.25) is 0 Å². The standard InChI is InChI=1S/C14H18N4O3S2/c1-23(20,21)13-7-16-17-11(13)5-10-3-2-4-18(8-10)14(19)12-6-15-9-22-12/h6-7,9-10H,2-5,8H2,1H3,(H,16,17)/t10-/m1/s1. The zero-order valence-corrected chi connectivity index (χ0v) is 14.4. The van der Waals surface area contributed by atoms with Crippen LogP contribution < -0.4 is 0 Å². The number of piperidine rings is 1. The predicted octanol–water partition coefficient (Wildman–Crippen LogP) is 1.36. The molecule has 0 radical (unpaired) electrons. The Kier molecular flexibility index (Phi) is 4.49.